The van der Waals surface area contributed by atoms with Crippen LogP contribution in [0.15, 0.2) is 113 Å². The van der Waals surface area contributed by atoms with E-state index in [-0.39, 0.29) is 29.5 Å². The molecule has 2 aliphatic rings. The van der Waals surface area contributed by atoms with Crippen LogP contribution in [0.4, 0.5) is 0 Å². The molecule has 3 aromatic carbocycles. The second kappa shape index (κ2) is 11.3. The predicted octanol–water partition coefficient (Wildman–Crippen LogP) is 5.71. The van der Waals surface area contributed by atoms with Gasteiger partial charge in [0, 0.05) is 41.1 Å². The maximum Gasteiger partial charge on any atom is 0.357 e. The Morgan fingerprint density at radius 2 is 1.46 bits per heavy atom. The SMILES string of the molecule is CC[C@H]1C(=O)N2C(C(=O)OC(c3ccccc3)(c3ccccc3)c3ccccc3)=C(S/C=C/NC(C)=O)C[C@H]12. The summed E-state index contributed by atoms with van der Waals surface area (Å²) in [5.41, 5.74) is 1.43. The largest absolute Gasteiger partial charge is 0.440 e. The van der Waals surface area contributed by atoms with Crippen LogP contribution < -0.4 is 5.32 Å². The molecule has 0 saturated carbocycles. The molecule has 0 aromatic heterocycles. The lowest BCUT2D eigenvalue weighted by molar-refractivity contribution is -0.161. The number of hydrogen-bond donors (Lipinski definition) is 1. The van der Waals surface area contributed by atoms with Crippen LogP contribution in [0.1, 0.15) is 43.4 Å². The summed E-state index contributed by atoms with van der Waals surface area (Å²) in [6.07, 6.45) is 2.82. The number of hydrogen-bond acceptors (Lipinski definition) is 5. The van der Waals surface area contributed by atoms with E-state index in [1.807, 2.05) is 97.9 Å². The summed E-state index contributed by atoms with van der Waals surface area (Å²) in [6, 6.07) is 29.0. The number of nitrogens with zero attached hydrogens (tertiary/aromatic N) is 1. The normalized spacial score (nSPS) is 18.6. The summed E-state index contributed by atoms with van der Waals surface area (Å²) >= 11 is 1.33. The van der Waals surface area contributed by atoms with Crippen molar-refractivity contribution in [3.05, 3.63) is 130 Å². The third-order valence-electron chi connectivity index (χ3n) is 7.24. The van der Waals surface area contributed by atoms with E-state index >= 15 is 0 Å². The number of carbonyl (C=O) groups excluding carboxylic acids is 3. The highest BCUT2D eigenvalue weighted by Gasteiger charge is 2.55. The summed E-state index contributed by atoms with van der Waals surface area (Å²) in [7, 11) is 0. The zero-order chi connectivity index (χ0) is 27.4. The van der Waals surface area contributed by atoms with Crippen molar-refractivity contribution < 1.29 is 19.1 Å². The van der Waals surface area contributed by atoms with Crippen molar-refractivity contribution >= 4 is 29.5 Å². The van der Waals surface area contributed by atoms with E-state index in [9.17, 15) is 14.4 Å². The van der Waals surface area contributed by atoms with Crippen LogP contribution >= 0.6 is 11.8 Å². The smallest absolute Gasteiger partial charge is 0.357 e. The molecule has 5 rings (SSSR count). The van der Waals surface area contributed by atoms with Crippen molar-refractivity contribution in [1.82, 2.24) is 10.2 Å². The molecule has 2 aliphatic heterocycles. The van der Waals surface area contributed by atoms with Gasteiger partial charge >= 0.3 is 5.97 Å². The molecule has 0 aliphatic carbocycles. The first-order valence-corrected chi connectivity index (χ1v) is 13.9. The van der Waals surface area contributed by atoms with Gasteiger partial charge < -0.3 is 15.0 Å². The lowest BCUT2D eigenvalue weighted by Gasteiger charge is -2.44. The van der Waals surface area contributed by atoms with E-state index in [0.29, 0.717) is 12.8 Å². The number of benzene rings is 3. The number of fused-ring (bicyclic) bond motifs is 1. The third-order valence-corrected chi connectivity index (χ3v) is 8.15. The molecule has 6 nitrogen and oxygen atoms in total. The molecular formula is C32H30N2O4S. The van der Waals surface area contributed by atoms with Crippen molar-refractivity contribution in [3.63, 3.8) is 0 Å². The van der Waals surface area contributed by atoms with E-state index in [2.05, 4.69) is 5.32 Å². The Kier molecular flexibility index (Phi) is 7.70. The molecule has 2 atom stereocenters. The number of nitrogens with one attached hydrogen (secondary N) is 1. The third kappa shape index (κ3) is 4.90. The van der Waals surface area contributed by atoms with E-state index < -0.39 is 11.6 Å². The standard InChI is InChI=1S/C32H30N2O4S/c1-3-26-27-21-28(39-20-19-33-22(2)35)29(34(27)30(26)36)31(37)38-32(23-13-7-4-8-14-23,24-15-9-5-10-16-24)25-17-11-6-12-18-25/h4-20,26-27H,3,21H2,1-2H3,(H,33,35)/b20-19+/t26-,27-/m1/s1. The lowest BCUT2D eigenvalue weighted by Crippen LogP contribution is -2.58. The molecule has 1 fully saturated rings. The van der Waals surface area contributed by atoms with Crippen LogP contribution in [0.5, 0.6) is 0 Å². The van der Waals surface area contributed by atoms with Crippen LogP contribution in [-0.4, -0.2) is 28.7 Å². The first-order chi connectivity index (χ1) is 19.0. The maximum absolute atomic E-state index is 14.3. The second-order valence-electron chi connectivity index (χ2n) is 9.56. The van der Waals surface area contributed by atoms with Gasteiger partial charge in [-0.1, -0.05) is 110 Å². The summed E-state index contributed by atoms with van der Waals surface area (Å²) in [6.45, 7) is 3.42. The van der Waals surface area contributed by atoms with Gasteiger partial charge in [0.25, 0.3) is 0 Å². The average Bonchev–Trinajstić information content (AvgIpc) is 3.30. The zero-order valence-electron chi connectivity index (χ0n) is 21.9. The van der Waals surface area contributed by atoms with E-state index in [1.165, 1.54) is 18.7 Å². The van der Waals surface area contributed by atoms with Gasteiger partial charge in [0.2, 0.25) is 11.8 Å². The van der Waals surface area contributed by atoms with Crippen molar-refractivity contribution in [2.24, 2.45) is 5.92 Å². The minimum Gasteiger partial charge on any atom is -0.440 e. The second-order valence-corrected chi connectivity index (χ2v) is 10.6. The molecule has 0 bridgehead atoms. The summed E-state index contributed by atoms with van der Waals surface area (Å²) in [4.78, 5) is 41.1. The fourth-order valence-electron chi connectivity index (χ4n) is 5.45. The highest BCUT2D eigenvalue weighted by molar-refractivity contribution is 8.05. The van der Waals surface area contributed by atoms with Gasteiger partial charge in [0.15, 0.2) is 5.60 Å². The monoisotopic (exact) mass is 538 g/mol. The van der Waals surface area contributed by atoms with Gasteiger partial charge in [-0.25, -0.2) is 4.79 Å². The summed E-state index contributed by atoms with van der Waals surface area (Å²) in [5, 5.41) is 4.35. The topological polar surface area (TPSA) is 75.7 Å². The van der Waals surface area contributed by atoms with Crippen molar-refractivity contribution in [1.29, 1.82) is 0 Å². The van der Waals surface area contributed by atoms with Gasteiger partial charge in [-0.05, 0) is 11.8 Å². The van der Waals surface area contributed by atoms with E-state index in [0.717, 1.165) is 21.6 Å². The molecule has 7 heteroatoms. The maximum atomic E-state index is 14.3. The van der Waals surface area contributed by atoms with Crippen LogP contribution in [0, 0.1) is 5.92 Å². The lowest BCUT2D eigenvalue weighted by atomic mass is 9.80. The first kappa shape index (κ1) is 26.5. The van der Waals surface area contributed by atoms with Gasteiger partial charge in [-0.15, -0.1) is 0 Å². The van der Waals surface area contributed by atoms with Crippen molar-refractivity contribution in [3.8, 4) is 0 Å². The molecule has 1 saturated heterocycles. The molecule has 0 unspecified atom stereocenters. The first-order valence-electron chi connectivity index (χ1n) is 13.0. The van der Waals surface area contributed by atoms with Crippen LogP contribution in [0.3, 0.4) is 0 Å². The van der Waals surface area contributed by atoms with E-state index in [1.54, 1.807) is 16.5 Å². The molecule has 0 spiro atoms. The fraction of sp³-hybridized carbons (Fsp3) is 0.219. The molecule has 0 radical (unpaired) electrons. The Bertz CT molecular complexity index is 1320. The highest BCUT2D eigenvalue weighted by atomic mass is 32.2. The van der Waals surface area contributed by atoms with Crippen LogP contribution in [0.2, 0.25) is 0 Å². The summed E-state index contributed by atoms with van der Waals surface area (Å²) < 4.78 is 6.63. The summed E-state index contributed by atoms with van der Waals surface area (Å²) in [5.74, 6) is -0.921. The minimum atomic E-state index is -1.24. The minimum absolute atomic E-state index is 0.0550. The number of rotatable bonds is 9. The number of esters is 1. The van der Waals surface area contributed by atoms with Crippen LogP contribution in [0.25, 0.3) is 0 Å². The molecule has 198 valence electrons. The van der Waals surface area contributed by atoms with Gasteiger partial charge in [0.05, 0.1) is 12.0 Å². The average molecular weight is 539 g/mol. The molecule has 39 heavy (non-hydrogen) atoms. The Morgan fingerprint density at radius 1 is 0.949 bits per heavy atom. The van der Waals surface area contributed by atoms with E-state index in [4.69, 9.17) is 4.74 Å². The van der Waals surface area contributed by atoms with Gasteiger partial charge in [-0.3, -0.25) is 9.59 Å². The number of amides is 2. The number of ether oxygens (including phenoxy) is 1. The molecule has 2 amide bonds. The van der Waals surface area contributed by atoms with Crippen molar-refractivity contribution in [2.45, 2.75) is 38.3 Å². The zero-order valence-corrected chi connectivity index (χ0v) is 22.7. The van der Waals surface area contributed by atoms with Gasteiger partial charge in [-0.2, -0.15) is 0 Å². The molecule has 2 heterocycles. The Labute approximate surface area is 232 Å². The Balaban J connectivity index is 1.61. The molecular weight excluding hydrogens is 508 g/mol. The fourth-order valence-corrected chi connectivity index (χ4v) is 6.31. The Hall–Kier alpha value is -4.10. The number of β-lactam (4-membered cyclic amide) rings is 1. The van der Waals surface area contributed by atoms with Crippen molar-refractivity contribution in [2.75, 3.05) is 0 Å². The van der Waals surface area contributed by atoms with Crippen LogP contribution in [-0.2, 0) is 24.7 Å². The molecule has 3 aromatic rings. The predicted molar refractivity (Wildman–Crippen MR) is 152 cm³/mol. The Morgan fingerprint density at radius 3 is 1.92 bits per heavy atom. The van der Waals surface area contributed by atoms with Gasteiger partial charge in [0.1, 0.15) is 5.70 Å². The molecule has 1 N–H and O–H groups in total. The number of carbonyl (C=O) groups is 3. The highest BCUT2D eigenvalue weighted by Crippen LogP contribution is 2.49. The number of thioether (sulfide) groups is 1. The quantitative estimate of drug-likeness (QED) is 0.214.